The van der Waals surface area contributed by atoms with Crippen LogP contribution in [0.1, 0.15) is 24.1 Å². The zero-order valence-electron chi connectivity index (χ0n) is 15.2. The molecule has 0 saturated heterocycles. The van der Waals surface area contributed by atoms with Crippen LogP contribution in [0.4, 0.5) is 0 Å². The molecule has 0 amide bonds. The monoisotopic (exact) mass is 367 g/mol. The molecule has 0 saturated carbocycles. The summed E-state index contributed by atoms with van der Waals surface area (Å²) in [6, 6.07) is 21.3. The second-order valence-corrected chi connectivity index (χ2v) is 7.63. The van der Waals surface area contributed by atoms with Gasteiger partial charge < -0.3 is 0 Å². The molecule has 3 aromatic carbocycles. The minimum atomic E-state index is -0.704. The number of rotatable bonds is 1. The van der Waals surface area contributed by atoms with E-state index < -0.39 is 5.54 Å². The second kappa shape index (κ2) is 5.01. The fourth-order valence-corrected chi connectivity index (χ4v) is 4.73. The predicted molar refractivity (Wildman–Crippen MR) is 108 cm³/mol. The Labute approximate surface area is 160 Å². The molecule has 2 unspecified atom stereocenters. The average molecular weight is 367 g/mol. The van der Waals surface area contributed by atoms with Crippen LogP contribution in [0.5, 0.6) is 0 Å². The van der Waals surface area contributed by atoms with E-state index >= 15 is 0 Å². The molecule has 136 valence electrons. The molecule has 1 aliphatic carbocycles. The Hall–Kier alpha value is -3.60. The number of benzene rings is 3. The van der Waals surface area contributed by atoms with E-state index in [2.05, 4.69) is 24.3 Å². The van der Waals surface area contributed by atoms with E-state index in [1.54, 1.807) is 21.5 Å². The number of hydrogen-bond acceptors (Lipinski definition) is 2. The first-order valence-corrected chi connectivity index (χ1v) is 9.34. The second-order valence-electron chi connectivity index (χ2n) is 7.63. The molecule has 1 aromatic heterocycles. The molecule has 5 heteroatoms. The van der Waals surface area contributed by atoms with E-state index in [9.17, 15) is 9.59 Å². The van der Waals surface area contributed by atoms with Crippen molar-refractivity contribution in [2.75, 3.05) is 0 Å². The number of aromatic nitrogens is 3. The van der Waals surface area contributed by atoms with Gasteiger partial charge in [-0.25, -0.2) is 23.5 Å². The van der Waals surface area contributed by atoms with Crippen molar-refractivity contribution in [3.63, 3.8) is 0 Å². The summed E-state index contributed by atoms with van der Waals surface area (Å²) >= 11 is 0. The molecule has 3 heterocycles. The fraction of sp³-hybridized carbons (Fsp3) is 0.130. The molecule has 5 nitrogen and oxygen atoms in total. The third-order valence-corrected chi connectivity index (χ3v) is 6.08. The van der Waals surface area contributed by atoms with Crippen molar-refractivity contribution in [2.45, 2.75) is 18.5 Å². The molecular formula is C23H17N3O2. The van der Waals surface area contributed by atoms with E-state index in [1.165, 1.54) is 4.57 Å². The van der Waals surface area contributed by atoms with Crippen LogP contribution in [-0.2, 0) is 5.54 Å². The molecule has 2 bridgehead atoms. The van der Waals surface area contributed by atoms with Gasteiger partial charge in [0.15, 0.2) is 0 Å². The van der Waals surface area contributed by atoms with E-state index in [-0.39, 0.29) is 17.4 Å². The predicted octanol–water partition coefficient (Wildman–Crippen LogP) is 3.19. The van der Waals surface area contributed by atoms with Gasteiger partial charge in [-0.1, -0.05) is 54.6 Å². The van der Waals surface area contributed by atoms with Gasteiger partial charge in [0, 0.05) is 0 Å². The molecule has 0 spiro atoms. The summed E-state index contributed by atoms with van der Waals surface area (Å²) in [5.74, 6) is 0. The van der Waals surface area contributed by atoms with Gasteiger partial charge in [-0.3, -0.25) is 0 Å². The van der Waals surface area contributed by atoms with E-state index in [1.807, 2.05) is 49.4 Å². The highest BCUT2D eigenvalue weighted by Gasteiger charge is 2.45. The van der Waals surface area contributed by atoms with Crippen LogP contribution >= 0.6 is 0 Å². The van der Waals surface area contributed by atoms with Gasteiger partial charge >= 0.3 is 11.4 Å². The zero-order valence-corrected chi connectivity index (χ0v) is 15.2. The maximum absolute atomic E-state index is 13.4. The largest absolute Gasteiger partial charge is 0.352 e. The van der Waals surface area contributed by atoms with Crippen molar-refractivity contribution in [1.29, 1.82) is 0 Å². The molecule has 3 aliphatic rings. The summed E-state index contributed by atoms with van der Waals surface area (Å²) in [7, 11) is 0. The van der Waals surface area contributed by atoms with Crippen molar-refractivity contribution in [2.24, 2.45) is 0 Å². The summed E-state index contributed by atoms with van der Waals surface area (Å²) < 4.78 is 4.49. The maximum Gasteiger partial charge on any atom is 0.352 e. The van der Waals surface area contributed by atoms with Gasteiger partial charge in [0.25, 0.3) is 0 Å². The Morgan fingerprint density at radius 2 is 1.54 bits per heavy atom. The molecule has 4 aromatic rings. The molecule has 2 atom stereocenters. The molecule has 0 radical (unpaired) electrons. The maximum atomic E-state index is 13.4. The van der Waals surface area contributed by atoms with E-state index in [0.29, 0.717) is 5.69 Å². The number of fused-ring (bicyclic) bond motifs is 1. The summed E-state index contributed by atoms with van der Waals surface area (Å²) in [4.78, 5) is 26.7. The molecular weight excluding hydrogens is 350 g/mol. The van der Waals surface area contributed by atoms with Gasteiger partial charge in [0.1, 0.15) is 5.54 Å². The Balaban J connectivity index is 1.72. The highest BCUT2D eigenvalue weighted by atomic mass is 16.2. The lowest BCUT2D eigenvalue weighted by Crippen LogP contribution is -2.50. The Morgan fingerprint density at radius 1 is 0.857 bits per heavy atom. The topological polar surface area (TPSA) is 48.9 Å². The summed E-state index contributed by atoms with van der Waals surface area (Å²) in [6.07, 6.45) is 4.08. The molecule has 2 aliphatic heterocycles. The third kappa shape index (κ3) is 1.71. The number of hydrogen-bond donors (Lipinski definition) is 0. The molecule has 0 fully saturated rings. The van der Waals surface area contributed by atoms with Gasteiger partial charge in [0.05, 0.1) is 11.7 Å². The quantitative estimate of drug-likeness (QED) is 0.485. The third-order valence-electron chi connectivity index (χ3n) is 6.08. The van der Waals surface area contributed by atoms with Crippen LogP contribution in [0.25, 0.3) is 16.5 Å². The summed E-state index contributed by atoms with van der Waals surface area (Å²) in [6.45, 7) is 2.00. The number of nitrogens with zero attached hydrogens (tertiary/aromatic N) is 3. The summed E-state index contributed by atoms with van der Waals surface area (Å²) in [5.41, 5.74) is 1.42. The van der Waals surface area contributed by atoms with Crippen LogP contribution < -0.4 is 11.4 Å². The van der Waals surface area contributed by atoms with Gasteiger partial charge in [0.2, 0.25) is 0 Å². The zero-order chi connectivity index (χ0) is 19.0. The Bertz CT molecular complexity index is 1420. The highest BCUT2D eigenvalue weighted by Crippen LogP contribution is 2.44. The van der Waals surface area contributed by atoms with Crippen LogP contribution in [-0.4, -0.2) is 13.9 Å². The first kappa shape index (κ1) is 15.5. The van der Waals surface area contributed by atoms with Crippen molar-refractivity contribution in [3.05, 3.63) is 111 Å². The lowest BCUT2D eigenvalue weighted by molar-refractivity contribution is 0.284. The number of allylic oxidation sites excluding steroid dienone is 2. The van der Waals surface area contributed by atoms with Gasteiger partial charge in [-0.2, -0.15) is 0 Å². The normalized spacial score (nSPS) is 21.7. The van der Waals surface area contributed by atoms with Crippen LogP contribution in [0, 0.1) is 0 Å². The van der Waals surface area contributed by atoms with Gasteiger partial charge in [-0.15, -0.1) is 0 Å². The molecule has 7 rings (SSSR count). The number of para-hydroxylation sites is 1. The van der Waals surface area contributed by atoms with E-state index in [4.69, 9.17) is 0 Å². The standard InChI is InChI=1S/C23H17N3O2/c1-23-12-11-20(18-13-15-7-5-6-8-16(15)14-19(18)23)25-21(27)24(22(28)26(23)25)17-9-3-2-4-10-17/h2-14,20H,1H3. The first-order chi connectivity index (χ1) is 13.6. The molecule has 0 N–H and O–H groups in total. The van der Waals surface area contributed by atoms with Crippen molar-refractivity contribution in [1.82, 2.24) is 13.9 Å². The SMILES string of the molecule is CC12C=CC(c3cc4ccccc4cc31)n1c(=O)n(-c3ccccc3)c(=O)n12. The smallest absolute Gasteiger partial charge is 0.245 e. The Kier molecular flexibility index (Phi) is 2.77. The van der Waals surface area contributed by atoms with Crippen molar-refractivity contribution < 1.29 is 0 Å². The summed E-state index contributed by atoms with van der Waals surface area (Å²) in [5, 5.41) is 2.27. The van der Waals surface area contributed by atoms with E-state index in [0.717, 1.165) is 21.9 Å². The van der Waals surface area contributed by atoms with Crippen LogP contribution in [0.3, 0.4) is 0 Å². The molecule has 28 heavy (non-hydrogen) atoms. The minimum Gasteiger partial charge on any atom is -0.245 e. The Morgan fingerprint density at radius 3 is 2.29 bits per heavy atom. The van der Waals surface area contributed by atoms with Crippen LogP contribution in [0.15, 0.2) is 88.5 Å². The van der Waals surface area contributed by atoms with Crippen molar-refractivity contribution in [3.8, 4) is 5.69 Å². The average Bonchev–Trinajstić information content (AvgIpc) is 3.00. The lowest BCUT2D eigenvalue weighted by Gasteiger charge is -2.43. The van der Waals surface area contributed by atoms with Crippen LogP contribution in [0.2, 0.25) is 0 Å². The first-order valence-electron chi connectivity index (χ1n) is 9.34. The minimum absolute atomic E-state index is 0.286. The van der Waals surface area contributed by atoms with Gasteiger partial charge in [-0.05, 0) is 53.1 Å². The van der Waals surface area contributed by atoms with Crippen molar-refractivity contribution >= 4 is 10.8 Å². The fourth-order valence-electron chi connectivity index (χ4n) is 4.73. The highest BCUT2D eigenvalue weighted by molar-refractivity contribution is 5.85. The lowest BCUT2D eigenvalue weighted by atomic mass is 9.77.